The topological polar surface area (TPSA) is 52.2 Å². The van der Waals surface area contributed by atoms with E-state index in [1.165, 1.54) is 22.2 Å². The summed E-state index contributed by atoms with van der Waals surface area (Å²) in [4.78, 5) is 7.01. The van der Waals surface area contributed by atoms with Crippen molar-refractivity contribution < 1.29 is 0 Å². The SMILES string of the molecule is Cc1cc(Br)cc(C)c1NC(=S)NC1CCC(Nc2cc(N(C)C)c3ccccc3n2)CC1. The Morgan fingerprint density at radius 2 is 1.64 bits per heavy atom. The highest BCUT2D eigenvalue weighted by atomic mass is 79.9. The Balaban J connectivity index is 1.34. The molecule has 3 aromatic rings. The van der Waals surface area contributed by atoms with Crippen LogP contribution in [0.3, 0.4) is 0 Å². The summed E-state index contributed by atoms with van der Waals surface area (Å²) in [6, 6.07) is 15.5. The zero-order valence-electron chi connectivity index (χ0n) is 19.7. The van der Waals surface area contributed by atoms with Gasteiger partial charge in [-0.1, -0.05) is 34.1 Å². The Morgan fingerprint density at radius 3 is 2.30 bits per heavy atom. The monoisotopic (exact) mass is 525 g/mol. The highest BCUT2D eigenvalue weighted by molar-refractivity contribution is 9.10. The lowest BCUT2D eigenvalue weighted by Crippen LogP contribution is -2.42. The molecule has 0 atom stereocenters. The molecule has 174 valence electrons. The number of anilines is 3. The third kappa shape index (κ3) is 5.76. The van der Waals surface area contributed by atoms with Crippen LogP contribution in [-0.2, 0) is 0 Å². The number of rotatable bonds is 5. The van der Waals surface area contributed by atoms with Gasteiger partial charge in [-0.15, -0.1) is 0 Å². The summed E-state index contributed by atoms with van der Waals surface area (Å²) in [5.41, 5.74) is 5.66. The van der Waals surface area contributed by atoms with Crippen LogP contribution in [-0.4, -0.2) is 36.3 Å². The maximum Gasteiger partial charge on any atom is 0.171 e. The summed E-state index contributed by atoms with van der Waals surface area (Å²) in [5.74, 6) is 0.951. The van der Waals surface area contributed by atoms with E-state index in [0.29, 0.717) is 17.2 Å². The molecular weight excluding hydrogens is 494 g/mol. The van der Waals surface area contributed by atoms with Gasteiger partial charge in [0.25, 0.3) is 0 Å². The lowest BCUT2D eigenvalue weighted by Gasteiger charge is -2.31. The van der Waals surface area contributed by atoms with Crippen LogP contribution in [0.1, 0.15) is 36.8 Å². The number of pyridine rings is 1. The smallest absolute Gasteiger partial charge is 0.171 e. The summed E-state index contributed by atoms with van der Waals surface area (Å²) >= 11 is 9.18. The maximum absolute atomic E-state index is 5.62. The van der Waals surface area contributed by atoms with Crippen LogP contribution in [0.2, 0.25) is 0 Å². The minimum atomic E-state index is 0.390. The summed E-state index contributed by atoms with van der Waals surface area (Å²) in [6.07, 6.45) is 4.32. The van der Waals surface area contributed by atoms with Crippen molar-refractivity contribution in [1.29, 1.82) is 0 Å². The van der Waals surface area contributed by atoms with Gasteiger partial charge in [-0.2, -0.15) is 0 Å². The van der Waals surface area contributed by atoms with Gasteiger partial charge in [0.15, 0.2) is 5.11 Å². The fourth-order valence-corrected chi connectivity index (χ4v) is 5.59. The van der Waals surface area contributed by atoms with Crippen molar-refractivity contribution in [3.63, 3.8) is 0 Å². The average Bonchev–Trinajstić information content (AvgIpc) is 2.77. The molecule has 1 saturated carbocycles. The van der Waals surface area contributed by atoms with Crippen LogP contribution < -0.4 is 20.9 Å². The first kappa shape index (κ1) is 23.8. The van der Waals surface area contributed by atoms with Gasteiger partial charge < -0.3 is 20.9 Å². The number of para-hydroxylation sites is 1. The Bertz CT molecular complexity index is 1130. The summed E-state index contributed by atoms with van der Waals surface area (Å²) in [6.45, 7) is 4.20. The van der Waals surface area contributed by atoms with Gasteiger partial charge in [-0.05, 0) is 81.1 Å². The Kier molecular flexibility index (Phi) is 7.39. The van der Waals surface area contributed by atoms with E-state index in [-0.39, 0.29) is 0 Å². The Hall–Kier alpha value is -2.38. The summed E-state index contributed by atoms with van der Waals surface area (Å²) in [5, 5.41) is 12.5. The van der Waals surface area contributed by atoms with E-state index in [0.717, 1.165) is 47.2 Å². The van der Waals surface area contributed by atoms with Crippen molar-refractivity contribution in [2.75, 3.05) is 29.6 Å². The van der Waals surface area contributed by atoms with Crippen LogP contribution in [0.25, 0.3) is 10.9 Å². The highest BCUT2D eigenvalue weighted by Gasteiger charge is 2.22. The number of nitrogens with one attached hydrogen (secondary N) is 3. The second-order valence-electron chi connectivity index (χ2n) is 9.14. The third-order valence-electron chi connectivity index (χ3n) is 6.33. The predicted octanol–water partition coefficient (Wildman–Crippen LogP) is 6.39. The number of fused-ring (bicyclic) bond motifs is 1. The van der Waals surface area contributed by atoms with Gasteiger partial charge in [0.2, 0.25) is 0 Å². The van der Waals surface area contributed by atoms with Gasteiger partial charge in [0, 0.05) is 53.5 Å². The largest absolute Gasteiger partial charge is 0.377 e. The lowest BCUT2D eigenvalue weighted by molar-refractivity contribution is 0.388. The molecule has 5 nitrogen and oxygen atoms in total. The molecule has 1 aromatic heterocycles. The van der Waals surface area contributed by atoms with Crippen molar-refractivity contribution in [3.8, 4) is 0 Å². The Labute approximate surface area is 210 Å². The molecule has 0 radical (unpaired) electrons. The van der Waals surface area contributed by atoms with E-state index in [4.69, 9.17) is 17.2 Å². The molecular formula is C26H32BrN5S. The van der Waals surface area contributed by atoms with E-state index in [1.807, 2.05) is 6.07 Å². The summed E-state index contributed by atoms with van der Waals surface area (Å²) < 4.78 is 1.09. The molecule has 0 spiro atoms. The number of hydrogen-bond donors (Lipinski definition) is 3. The van der Waals surface area contributed by atoms with Gasteiger partial charge in [-0.3, -0.25) is 0 Å². The quantitative estimate of drug-likeness (QED) is 0.335. The molecule has 4 rings (SSSR count). The number of aromatic nitrogens is 1. The molecule has 2 aromatic carbocycles. The second-order valence-corrected chi connectivity index (χ2v) is 10.5. The first-order valence-electron chi connectivity index (χ1n) is 11.5. The normalized spacial score (nSPS) is 18.1. The first-order chi connectivity index (χ1) is 15.8. The molecule has 0 bridgehead atoms. The van der Waals surface area contributed by atoms with E-state index < -0.39 is 0 Å². The predicted molar refractivity (Wildman–Crippen MR) is 149 cm³/mol. The van der Waals surface area contributed by atoms with Crippen molar-refractivity contribution in [2.45, 2.75) is 51.6 Å². The maximum atomic E-state index is 5.62. The van der Waals surface area contributed by atoms with Gasteiger partial charge in [-0.25, -0.2) is 4.98 Å². The highest BCUT2D eigenvalue weighted by Crippen LogP contribution is 2.29. The fourth-order valence-electron chi connectivity index (χ4n) is 4.64. The van der Waals surface area contributed by atoms with Gasteiger partial charge in [0.1, 0.15) is 5.82 Å². The third-order valence-corrected chi connectivity index (χ3v) is 7.00. The Morgan fingerprint density at radius 1 is 1.00 bits per heavy atom. The molecule has 0 aliphatic heterocycles. The van der Waals surface area contributed by atoms with E-state index >= 15 is 0 Å². The number of aryl methyl sites for hydroxylation is 2. The lowest BCUT2D eigenvalue weighted by atomic mass is 9.91. The number of halogens is 1. The van der Waals surface area contributed by atoms with Crippen LogP contribution in [0.15, 0.2) is 46.9 Å². The molecule has 1 aliphatic carbocycles. The van der Waals surface area contributed by atoms with E-state index in [2.05, 4.69) is 101 Å². The molecule has 3 N–H and O–H groups in total. The van der Waals surface area contributed by atoms with Crippen LogP contribution >= 0.6 is 28.1 Å². The number of hydrogen-bond acceptors (Lipinski definition) is 4. The molecule has 0 amide bonds. The van der Waals surface area contributed by atoms with Crippen molar-refractivity contribution >= 4 is 61.4 Å². The molecule has 1 heterocycles. The fraction of sp³-hybridized carbons (Fsp3) is 0.385. The number of thiocarbonyl (C=S) groups is 1. The van der Waals surface area contributed by atoms with Crippen molar-refractivity contribution in [3.05, 3.63) is 58.1 Å². The second kappa shape index (κ2) is 10.3. The molecule has 0 saturated heterocycles. The minimum Gasteiger partial charge on any atom is -0.377 e. The number of nitrogens with zero attached hydrogens (tertiary/aromatic N) is 2. The van der Waals surface area contributed by atoms with E-state index in [1.54, 1.807) is 0 Å². The molecule has 1 aliphatic rings. The zero-order valence-corrected chi connectivity index (χ0v) is 22.1. The van der Waals surface area contributed by atoms with Gasteiger partial charge >= 0.3 is 0 Å². The van der Waals surface area contributed by atoms with Crippen LogP contribution in [0.5, 0.6) is 0 Å². The standard InChI is InChI=1S/C26H32BrN5S/c1-16-13-18(27)14-17(2)25(16)31-26(33)29-20-11-9-19(10-12-20)28-24-15-23(32(3)4)21-7-5-6-8-22(21)30-24/h5-8,13-15,19-20H,9-12H2,1-4H3,(H,28,30)(H2,29,31,33). The van der Waals surface area contributed by atoms with Crippen molar-refractivity contribution in [2.24, 2.45) is 0 Å². The molecule has 0 unspecified atom stereocenters. The first-order valence-corrected chi connectivity index (χ1v) is 12.7. The average molecular weight is 527 g/mol. The number of benzene rings is 2. The van der Waals surface area contributed by atoms with Crippen molar-refractivity contribution in [1.82, 2.24) is 10.3 Å². The molecule has 33 heavy (non-hydrogen) atoms. The zero-order chi connectivity index (χ0) is 23.5. The summed E-state index contributed by atoms with van der Waals surface area (Å²) in [7, 11) is 4.16. The molecule has 7 heteroatoms. The molecule has 1 fully saturated rings. The van der Waals surface area contributed by atoms with Gasteiger partial charge in [0.05, 0.1) is 5.52 Å². The van der Waals surface area contributed by atoms with Crippen LogP contribution in [0.4, 0.5) is 17.2 Å². The van der Waals surface area contributed by atoms with Crippen LogP contribution in [0, 0.1) is 13.8 Å². The minimum absolute atomic E-state index is 0.390. The van der Waals surface area contributed by atoms with E-state index in [9.17, 15) is 0 Å².